The molecule has 0 atom stereocenters. The van der Waals surface area contributed by atoms with Crippen molar-refractivity contribution in [3.05, 3.63) is 69.5 Å². The summed E-state index contributed by atoms with van der Waals surface area (Å²) in [5.41, 5.74) is 1.32. The third-order valence-corrected chi connectivity index (χ3v) is 6.78. The van der Waals surface area contributed by atoms with Gasteiger partial charge in [-0.05, 0) is 45.8 Å². The van der Waals surface area contributed by atoms with E-state index in [-0.39, 0.29) is 19.0 Å². The van der Waals surface area contributed by atoms with Gasteiger partial charge in [0.25, 0.3) is 5.91 Å². The van der Waals surface area contributed by atoms with Crippen LogP contribution >= 0.6 is 15.9 Å². The molecule has 1 heterocycles. The van der Waals surface area contributed by atoms with Crippen LogP contribution in [0.15, 0.2) is 58.4 Å². The number of hydrogen-bond donors (Lipinski definition) is 0. The average Bonchev–Trinajstić information content (AvgIpc) is 2.73. The monoisotopic (exact) mass is 464 g/mol. The maximum atomic E-state index is 12.8. The maximum absolute atomic E-state index is 12.8. The maximum Gasteiger partial charge on any atom is 0.255 e. The largest absolute Gasteiger partial charge is 0.497 e. The van der Waals surface area contributed by atoms with Crippen LogP contribution in [-0.2, 0) is 10.0 Å². The van der Waals surface area contributed by atoms with Crippen LogP contribution in [0, 0.1) is 0 Å². The lowest BCUT2D eigenvalue weighted by Gasteiger charge is -2.33. The Kier molecular flexibility index (Phi) is 6.53. The molecule has 0 N–H and O–H groups in total. The van der Waals surface area contributed by atoms with E-state index in [1.54, 1.807) is 36.3 Å². The number of carbonyl (C=O) groups is 1. The van der Waals surface area contributed by atoms with Crippen LogP contribution in [0.25, 0.3) is 6.08 Å². The normalized spacial score (nSPS) is 15.7. The molecular formula is C20H21BrN2O4S. The van der Waals surface area contributed by atoms with Crippen LogP contribution in [0.2, 0.25) is 0 Å². The second-order valence-electron chi connectivity index (χ2n) is 6.30. The van der Waals surface area contributed by atoms with Crippen molar-refractivity contribution in [2.45, 2.75) is 0 Å². The van der Waals surface area contributed by atoms with Gasteiger partial charge in [-0.25, -0.2) is 8.42 Å². The quantitative estimate of drug-likeness (QED) is 0.681. The molecule has 148 valence electrons. The summed E-state index contributed by atoms with van der Waals surface area (Å²) in [6, 6.07) is 14.5. The van der Waals surface area contributed by atoms with E-state index in [9.17, 15) is 13.2 Å². The Morgan fingerprint density at radius 2 is 1.75 bits per heavy atom. The summed E-state index contributed by atoms with van der Waals surface area (Å²) in [6.07, 6.45) is 1.58. The molecule has 0 aliphatic carbocycles. The van der Waals surface area contributed by atoms with Gasteiger partial charge in [0.05, 0.1) is 12.7 Å². The van der Waals surface area contributed by atoms with E-state index in [4.69, 9.17) is 4.74 Å². The lowest BCUT2D eigenvalue weighted by molar-refractivity contribution is 0.0697. The number of ether oxygens (including phenoxy) is 1. The number of sulfonamides is 1. The summed E-state index contributed by atoms with van der Waals surface area (Å²) >= 11 is 3.39. The van der Waals surface area contributed by atoms with Crippen molar-refractivity contribution in [2.75, 3.05) is 33.3 Å². The zero-order valence-corrected chi connectivity index (χ0v) is 17.8. The Bertz CT molecular complexity index is 969. The van der Waals surface area contributed by atoms with Gasteiger partial charge in [0.15, 0.2) is 0 Å². The molecule has 2 aromatic carbocycles. The van der Waals surface area contributed by atoms with Gasteiger partial charge < -0.3 is 9.64 Å². The fourth-order valence-corrected chi connectivity index (χ4v) is 4.52. The van der Waals surface area contributed by atoms with E-state index in [0.29, 0.717) is 28.9 Å². The fourth-order valence-electron chi connectivity index (χ4n) is 2.93. The molecule has 0 saturated carbocycles. The van der Waals surface area contributed by atoms with Crippen molar-refractivity contribution in [1.29, 1.82) is 0 Å². The molecule has 0 aromatic heterocycles. The van der Waals surface area contributed by atoms with Crippen LogP contribution in [0.3, 0.4) is 0 Å². The van der Waals surface area contributed by atoms with Crippen molar-refractivity contribution >= 4 is 37.9 Å². The summed E-state index contributed by atoms with van der Waals surface area (Å²) in [7, 11) is -1.98. The number of halogens is 1. The van der Waals surface area contributed by atoms with Gasteiger partial charge in [-0.15, -0.1) is 0 Å². The summed E-state index contributed by atoms with van der Waals surface area (Å²) in [5.74, 6) is 0.446. The minimum Gasteiger partial charge on any atom is -0.497 e. The topological polar surface area (TPSA) is 66.9 Å². The van der Waals surface area contributed by atoms with Gasteiger partial charge in [0.2, 0.25) is 10.0 Å². The SMILES string of the molecule is COc1ccc(Br)c(C(=O)N2CCN(S(=O)(=O)/C=C/c3ccccc3)CC2)c1. The molecule has 1 aliphatic heterocycles. The van der Waals surface area contributed by atoms with E-state index in [1.165, 1.54) is 9.71 Å². The first-order valence-corrected chi connectivity index (χ1v) is 11.1. The molecule has 1 amide bonds. The first-order valence-electron chi connectivity index (χ1n) is 8.77. The second-order valence-corrected chi connectivity index (χ2v) is 8.97. The number of hydrogen-bond acceptors (Lipinski definition) is 4. The summed E-state index contributed by atoms with van der Waals surface area (Å²) < 4.78 is 32.4. The standard InChI is InChI=1S/C20H21BrN2O4S/c1-27-17-7-8-19(21)18(15-17)20(24)22-10-12-23(13-11-22)28(25,26)14-9-16-5-3-2-4-6-16/h2-9,14-15H,10-13H2,1H3/b14-9+. The summed E-state index contributed by atoms with van der Waals surface area (Å²) in [5, 5.41) is 1.22. The molecule has 0 bridgehead atoms. The van der Waals surface area contributed by atoms with Crippen molar-refractivity contribution in [3.63, 3.8) is 0 Å². The van der Waals surface area contributed by atoms with Gasteiger partial charge >= 0.3 is 0 Å². The highest BCUT2D eigenvalue weighted by molar-refractivity contribution is 9.10. The molecule has 6 nitrogen and oxygen atoms in total. The summed E-state index contributed by atoms with van der Waals surface area (Å²) in [4.78, 5) is 14.5. The lowest BCUT2D eigenvalue weighted by atomic mass is 10.1. The first-order chi connectivity index (χ1) is 13.4. The molecule has 8 heteroatoms. The Hall–Kier alpha value is -2.16. The van der Waals surface area contributed by atoms with Crippen LogP contribution < -0.4 is 4.74 Å². The predicted octanol–water partition coefficient (Wildman–Crippen LogP) is 3.22. The van der Waals surface area contributed by atoms with E-state index in [2.05, 4.69) is 15.9 Å². The number of piperazine rings is 1. The molecule has 1 saturated heterocycles. The zero-order valence-electron chi connectivity index (χ0n) is 15.4. The molecule has 0 spiro atoms. The molecule has 2 aromatic rings. The van der Waals surface area contributed by atoms with Crippen molar-refractivity contribution in [1.82, 2.24) is 9.21 Å². The number of benzene rings is 2. The Morgan fingerprint density at radius 3 is 2.39 bits per heavy atom. The summed E-state index contributed by atoms with van der Waals surface area (Å²) in [6.45, 7) is 1.19. The molecule has 1 aliphatic rings. The van der Waals surface area contributed by atoms with Crippen LogP contribution in [0.1, 0.15) is 15.9 Å². The molecule has 1 fully saturated rings. The van der Waals surface area contributed by atoms with Gasteiger partial charge in [-0.2, -0.15) is 4.31 Å². The second kappa shape index (κ2) is 8.89. The Morgan fingerprint density at radius 1 is 1.07 bits per heavy atom. The highest BCUT2D eigenvalue weighted by atomic mass is 79.9. The van der Waals surface area contributed by atoms with Crippen LogP contribution in [0.4, 0.5) is 0 Å². The minimum absolute atomic E-state index is 0.150. The molecular weight excluding hydrogens is 444 g/mol. The number of amides is 1. The van der Waals surface area contributed by atoms with Gasteiger partial charge in [0.1, 0.15) is 5.75 Å². The van der Waals surface area contributed by atoms with Crippen molar-refractivity contribution < 1.29 is 17.9 Å². The average molecular weight is 465 g/mol. The Labute approximate surface area is 173 Å². The van der Waals surface area contributed by atoms with Gasteiger partial charge in [-0.1, -0.05) is 30.3 Å². The molecule has 0 unspecified atom stereocenters. The zero-order chi connectivity index (χ0) is 20.1. The van der Waals surface area contributed by atoms with Gasteiger partial charge in [0, 0.05) is 36.1 Å². The minimum atomic E-state index is -3.53. The molecule has 28 heavy (non-hydrogen) atoms. The lowest BCUT2D eigenvalue weighted by Crippen LogP contribution is -2.50. The highest BCUT2D eigenvalue weighted by Crippen LogP contribution is 2.24. The van der Waals surface area contributed by atoms with E-state index >= 15 is 0 Å². The fraction of sp³-hybridized carbons (Fsp3) is 0.250. The Balaban J connectivity index is 1.65. The van der Waals surface area contributed by atoms with E-state index < -0.39 is 10.0 Å². The number of methoxy groups -OCH3 is 1. The van der Waals surface area contributed by atoms with E-state index in [0.717, 1.165) is 5.56 Å². The number of carbonyl (C=O) groups excluding carboxylic acids is 1. The van der Waals surface area contributed by atoms with E-state index in [1.807, 2.05) is 30.3 Å². The first kappa shape index (κ1) is 20.6. The number of rotatable bonds is 5. The third kappa shape index (κ3) is 4.81. The van der Waals surface area contributed by atoms with Crippen LogP contribution in [0.5, 0.6) is 5.75 Å². The predicted molar refractivity (Wildman–Crippen MR) is 113 cm³/mol. The number of nitrogens with zero attached hydrogens (tertiary/aromatic N) is 2. The van der Waals surface area contributed by atoms with Crippen molar-refractivity contribution in [3.8, 4) is 5.75 Å². The third-order valence-electron chi connectivity index (χ3n) is 4.52. The molecule has 3 rings (SSSR count). The van der Waals surface area contributed by atoms with Crippen molar-refractivity contribution in [2.24, 2.45) is 0 Å². The van der Waals surface area contributed by atoms with Gasteiger partial charge in [-0.3, -0.25) is 4.79 Å². The van der Waals surface area contributed by atoms with Crippen LogP contribution in [-0.4, -0.2) is 56.8 Å². The smallest absolute Gasteiger partial charge is 0.255 e. The molecule has 0 radical (unpaired) electrons. The highest BCUT2D eigenvalue weighted by Gasteiger charge is 2.28.